The lowest BCUT2D eigenvalue weighted by Gasteiger charge is -2.01. The molecule has 3 nitrogen and oxygen atoms in total. The Labute approximate surface area is 107 Å². The van der Waals surface area contributed by atoms with Crippen molar-refractivity contribution in [3.63, 3.8) is 0 Å². The van der Waals surface area contributed by atoms with Crippen molar-refractivity contribution < 1.29 is 4.39 Å². The second-order valence-corrected chi connectivity index (χ2v) is 5.32. The lowest BCUT2D eigenvalue weighted by atomic mass is 10.3. The van der Waals surface area contributed by atoms with Crippen LogP contribution in [0.25, 0.3) is 0 Å². The highest BCUT2D eigenvalue weighted by atomic mass is 32.2. The minimum Gasteiger partial charge on any atom is -0.328 e. The number of nitrogens with one attached hydrogen (secondary N) is 1. The molecule has 0 aliphatic carbocycles. The van der Waals surface area contributed by atoms with Gasteiger partial charge in [-0.05, 0) is 12.1 Å². The van der Waals surface area contributed by atoms with Gasteiger partial charge in [-0.25, -0.2) is 4.39 Å². The Kier molecular flexibility index (Phi) is 4.11. The summed E-state index contributed by atoms with van der Waals surface area (Å²) in [6.07, 6.45) is 1.80. The molecule has 0 unspecified atom stereocenters. The van der Waals surface area contributed by atoms with E-state index >= 15 is 0 Å². The van der Waals surface area contributed by atoms with Crippen molar-refractivity contribution in [1.82, 2.24) is 10.2 Å². The maximum absolute atomic E-state index is 13.4. The van der Waals surface area contributed by atoms with E-state index in [4.69, 9.17) is 0 Å². The van der Waals surface area contributed by atoms with Gasteiger partial charge in [-0.3, -0.25) is 0 Å². The van der Waals surface area contributed by atoms with E-state index in [1.807, 2.05) is 0 Å². The van der Waals surface area contributed by atoms with Crippen molar-refractivity contribution >= 4 is 33.9 Å². The first kappa shape index (κ1) is 12.1. The Balaban J connectivity index is 2.06. The summed E-state index contributed by atoms with van der Waals surface area (Å²) < 4.78 is 14.2. The molecule has 17 heavy (non-hydrogen) atoms. The zero-order chi connectivity index (χ0) is 12.1. The lowest BCUT2D eigenvalue weighted by molar-refractivity contribution is 0.632. The third-order valence-corrected chi connectivity index (χ3v) is 3.81. The van der Waals surface area contributed by atoms with Gasteiger partial charge in [0.05, 0.1) is 5.69 Å². The molecule has 2 aromatic rings. The van der Waals surface area contributed by atoms with E-state index in [2.05, 4.69) is 22.1 Å². The standard InChI is InChI=1S/C11H10FN3S2/c1-2-7-16-11-15-14-10(17-11)13-9-6-4-3-5-8(9)12/h2-6H,1,7H2,(H,13,14). The fourth-order valence-corrected chi connectivity index (χ4v) is 2.65. The molecule has 0 bridgehead atoms. The molecule has 0 atom stereocenters. The van der Waals surface area contributed by atoms with E-state index in [1.165, 1.54) is 17.4 Å². The normalized spacial score (nSPS) is 10.2. The van der Waals surface area contributed by atoms with Crippen LogP contribution >= 0.6 is 23.1 Å². The van der Waals surface area contributed by atoms with Gasteiger partial charge in [0.15, 0.2) is 4.34 Å². The SMILES string of the molecule is C=CCSc1nnc(Nc2ccccc2F)s1. The van der Waals surface area contributed by atoms with Gasteiger partial charge in [0.25, 0.3) is 0 Å². The number of hydrogen-bond donors (Lipinski definition) is 1. The summed E-state index contributed by atoms with van der Waals surface area (Å²) >= 11 is 2.94. The summed E-state index contributed by atoms with van der Waals surface area (Å²) in [7, 11) is 0. The van der Waals surface area contributed by atoms with Crippen LogP contribution in [0.3, 0.4) is 0 Å². The molecule has 2 rings (SSSR count). The second-order valence-electron chi connectivity index (χ2n) is 3.08. The molecule has 0 aliphatic heterocycles. The Morgan fingerprint density at radius 3 is 3.00 bits per heavy atom. The summed E-state index contributed by atoms with van der Waals surface area (Å²) in [4.78, 5) is 0. The van der Waals surface area contributed by atoms with Crippen LogP contribution in [0.5, 0.6) is 0 Å². The van der Waals surface area contributed by atoms with E-state index in [0.29, 0.717) is 10.8 Å². The Morgan fingerprint density at radius 1 is 1.41 bits per heavy atom. The molecular weight excluding hydrogens is 257 g/mol. The van der Waals surface area contributed by atoms with Gasteiger partial charge in [-0.15, -0.1) is 16.8 Å². The Bertz CT molecular complexity index is 513. The number of benzene rings is 1. The minimum atomic E-state index is -0.303. The average molecular weight is 267 g/mol. The van der Waals surface area contributed by atoms with Gasteiger partial charge in [-0.1, -0.05) is 41.3 Å². The zero-order valence-electron chi connectivity index (χ0n) is 8.89. The molecular formula is C11H10FN3S2. The lowest BCUT2D eigenvalue weighted by Crippen LogP contribution is -1.92. The van der Waals surface area contributed by atoms with E-state index < -0.39 is 0 Å². The number of halogens is 1. The molecule has 0 amide bonds. The largest absolute Gasteiger partial charge is 0.328 e. The van der Waals surface area contributed by atoms with Crippen molar-refractivity contribution in [2.24, 2.45) is 0 Å². The molecule has 0 fully saturated rings. The number of rotatable bonds is 5. The molecule has 1 aromatic carbocycles. The van der Waals surface area contributed by atoms with Crippen molar-refractivity contribution in [2.75, 3.05) is 11.1 Å². The van der Waals surface area contributed by atoms with Crippen LogP contribution in [0.1, 0.15) is 0 Å². The molecule has 1 heterocycles. The monoisotopic (exact) mass is 267 g/mol. The molecule has 88 valence electrons. The van der Waals surface area contributed by atoms with Crippen LogP contribution in [0.15, 0.2) is 41.3 Å². The maximum atomic E-state index is 13.4. The highest BCUT2D eigenvalue weighted by Gasteiger charge is 2.06. The van der Waals surface area contributed by atoms with E-state index in [0.717, 1.165) is 10.1 Å². The summed E-state index contributed by atoms with van der Waals surface area (Å²) in [5.74, 6) is 0.483. The smallest absolute Gasteiger partial charge is 0.210 e. The van der Waals surface area contributed by atoms with Gasteiger partial charge in [0.2, 0.25) is 5.13 Å². The molecule has 0 saturated carbocycles. The summed E-state index contributed by atoms with van der Waals surface area (Å²) in [6.45, 7) is 3.63. The second kappa shape index (κ2) is 5.79. The molecule has 0 saturated heterocycles. The van der Waals surface area contributed by atoms with Crippen LogP contribution in [0.4, 0.5) is 15.2 Å². The zero-order valence-corrected chi connectivity index (χ0v) is 10.5. The van der Waals surface area contributed by atoms with Crippen LogP contribution in [-0.4, -0.2) is 16.0 Å². The first-order valence-electron chi connectivity index (χ1n) is 4.88. The third kappa shape index (κ3) is 3.28. The molecule has 1 N–H and O–H groups in total. The van der Waals surface area contributed by atoms with Crippen LogP contribution in [0.2, 0.25) is 0 Å². The number of aromatic nitrogens is 2. The highest BCUT2D eigenvalue weighted by molar-refractivity contribution is 8.01. The predicted octanol–water partition coefficient (Wildman–Crippen LogP) is 3.70. The number of thioether (sulfide) groups is 1. The Morgan fingerprint density at radius 2 is 2.24 bits per heavy atom. The summed E-state index contributed by atoms with van der Waals surface area (Å²) in [5, 5.41) is 11.4. The molecule has 6 heteroatoms. The van der Waals surface area contributed by atoms with Gasteiger partial charge >= 0.3 is 0 Å². The first-order chi connectivity index (χ1) is 8.29. The highest BCUT2D eigenvalue weighted by Crippen LogP contribution is 2.28. The number of hydrogen-bond acceptors (Lipinski definition) is 5. The first-order valence-corrected chi connectivity index (χ1v) is 6.68. The van der Waals surface area contributed by atoms with Crippen LogP contribution in [0, 0.1) is 5.82 Å². The minimum absolute atomic E-state index is 0.303. The van der Waals surface area contributed by atoms with Gasteiger partial charge in [-0.2, -0.15) is 0 Å². The van der Waals surface area contributed by atoms with Crippen molar-refractivity contribution in [3.8, 4) is 0 Å². The average Bonchev–Trinajstić information content (AvgIpc) is 2.77. The fourth-order valence-electron chi connectivity index (χ4n) is 1.13. The molecule has 0 spiro atoms. The number of para-hydroxylation sites is 1. The van der Waals surface area contributed by atoms with Crippen molar-refractivity contribution in [1.29, 1.82) is 0 Å². The summed E-state index contributed by atoms with van der Waals surface area (Å²) in [5.41, 5.74) is 0.406. The number of anilines is 2. The third-order valence-electron chi connectivity index (χ3n) is 1.85. The van der Waals surface area contributed by atoms with Gasteiger partial charge in [0, 0.05) is 5.75 Å². The van der Waals surface area contributed by atoms with Crippen LogP contribution in [-0.2, 0) is 0 Å². The maximum Gasteiger partial charge on any atom is 0.210 e. The number of nitrogens with zero attached hydrogens (tertiary/aromatic N) is 2. The van der Waals surface area contributed by atoms with Crippen LogP contribution < -0.4 is 5.32 Å². The Hall–Kier alpha value is -1.40. The molecule has 0 aliphatic rings. The van der Waals surface area contributed by atoms with Crippen molar-refractivity contribution in [3.05, 3.63) is 42.7 Å². The topological polar surface area (TPSA) is 37.8 Å². The molecule has 0 radical (unpaired) electrons. The fraction of sp³-hybridized carbons (Fsp3) is 0.0909. The van der Waals surface area contributed by atoms with Gasteiger partial charge in [0.1, 0.15) is 5.82 Å². The van der Waals surface area contributed by atoms with E-state index in [1.54, 1.807) is 36.0 Å². The van der Waals surface area contributed by atoms with E-state index in [-0.39, 0.29) is 5.82 Å². The predicted molar refractivity (Wildman–Crippen MR) is 70.5 cm³/mol. The van der Waals surface area contributed by atoms with E-state index in [9.17, 15) is 4.39 Å². The summed E-state index contributed by atoms with van der Waals surface area (Å²) in [6, 6.07) is 6.47. The van der Waals surface area contributed by atoms with Crippen molar-refractivity contribution in [2.45, 2.75) is 4.34 Å². The van der Waals surface area contributed by atoms with Gasteiger partial charge < -0.3 is 5.32 Å². The molecule has 1 aromatic heterocycles. The quantitative estimate of drug-likeness (QED) is 0.662.